The molecule has 0 aromatic rings. The SMILES string of the molecule is O=C(C1CO1)N1CCNCC1. The summed E-state index contributed by atoms with van der Waals surface area (Å²) >= 11 is 0. The predicted octanol–water partition coefficient (Wildman–Crippen LogP) is -1.18. The molecule has 0 radical (unpaired) electrons. The van der Waals surface area contributed by atoms with Crippen LogP contribution >= 0.6 is 0 Å². The van der Waals surface area contributed by atoms with E-state index < -0.39 is 0 Å². The van der Waals surface area contributed by atoms with Crippen molar-refractivity contribution in [3.05, 3.63) is 0 Å². The molecule has 2 saturated heterocycles. The Morgan fingerprint density at radius 3 is 2.64 bits per heavy atom. The minimum atomic E-state index is -0.104. The van der Waals surface area contributed by atoms with Crippen LogP contribution in [0.5, 0.6) is 0 Å². The molecule has 2 aliphatic rings. The zero-order valence-corrected chi connectivity index (χ0v) is 6.38. The van der Waals surface area contributed by atoms with Crippen molar-refractivity contribution >= 4 is 5.91 Å². The molecule has 0 spiro atoms. The van der Waals surface area contributed by atoms with Gasteiger partial charge in [-0.3, -0.25) is 4.79 Å². The number of nitrogens with one attached hydrogen (secondary N) is 1. The largest absolute Gasteiger partial charge is 0.363 e. The Balaban J connectivity index is 1.86. The Morgan fingerprint density at radius 1 is 1.45 bits per heavy atom. The molecule has 2 aliphatic heterocycles. The predicted molar refractivity (Wildman–Crippen MR) is 39.2 cm³/mol. The molecule has 1 atom stereocenters. The van der Waals surface area contributed by atoms with Crippen LogP contribution < -0.4 is 5.32 Å². The number of carbonyl (C=O) groups is 1. The molecule has 4 nitrogen and oxygen atoms in total. The molecule has 1 amide bonds. The summed E-state index contributed by atoms with van der Waals surface area (Å²) in [5.41, 5.74) is 0. The van der Waals surface area contributed by atoms with Crippen molar-refractivity contribution in [1.82, 2.24) is 10.2 Å². The second kappa shape index (κ2) is 2.79. The second-order valence-corrected chi connectivity index (χ2v) is 2.90. The normalized spacial score (nSPS) is 30.2. The third-order valence-corrected chi connectivity index (χ3v) is 2.04. The first-order valence-corrected chi connectivity index (χ1v) is 3.99. The van der Waals surface area contributed by atoms with Crippen LogP contribution in [0.3, 0.4) is 0 Å². The fourth-order valence-corrected chi connectivity index (χ4v) is 1.28. The van der Waals surface area contributed by atoms with Crippen molar-refractivity contribution in [3.8, 4) is 0 Å². The van der Waals surface area contributed by atoms with Gasteiger partial charge >= 0.3 is 0 Å². The van der Waals surface area contributed by atoms with Crippen molar-refractivity contribution in [2.45, 2.75) is 6.10 Å². The topological polar surface area (TPSA) is 44.9 Å². The van der Waals surface area contributed by atoms with E-state index in [0.717, 1.165) is 26.2 Å². The number of amides is 1. The Morgan fingerprint density at radius 2 is 2.09 bits per heavy atom. The summed E-state index contributed by atoms with van der Waals surface area (Å²) in [6.07, 6.45) is -0.104. The van der Waals surface area contributed by atoms with E-state index >= 15 is 0 Å². The van der Waals surface area contributed by atoms with Crippen LogP contribution in [-0.4, -0.2) is 49.7 Å². The first kappa shape index (κ1) is 7.06. The molecule has 0 bridgehead atoms. The zero-order valence-electron chi connectivity index (χ0n) is 6.38. The van der Waals surface area contributed by atoms with Gasteiger partial charge in [-0.2, -0.15) is 0 Å². The monoisotopic (exact) mass is 156 g/mol. The third kappa shape index (κ3) is 1.52. The van der Waals surface area contributed by atoms with E-state index in [0.29, 0.717) is 6.61 Å². The summed E-state index contributed by atoms with van der Waals surface area (Å²) in [6, 6.07) is 0. The average molecular weight is 156 g/mol. The van der Waals surface area contributed by atoms with E-state index in [9.17, 15) is 4.79 Å². The lowest BCUT2D eigenvalue weighted by Crippen LogP contribution is -2.47. The number of epoxide rings is 1. The Hall–Kier alpha value is -0.610. The summed E-state index contributed by atoms with van der Waals surface area (Å²) in [6.45, 7) is 4.12. The van der Waals surface area contributed by atoms with Crippen LogP contribution in [-0.2, 0) is 9.53 Å². The zero-order chi connectivity index (χ0) is 7.68. The molecular formula is C7H12N2O2. The first-order valence-electron chi connectivity index (χ1n) is 3.99. The van der Waals surface area contributed by atoms with E-state index in [1.807, 2.05) is 4.90 Å². The van der Waals surface area contributed by atoms with Crippen LogP contribution in [0.25, 0.3) is 0 Å². The summed E-state index contributed by atoms with van der Waals surface area (Å²) in [5.74, 6) is 0.173. The number of carbonyl (C=O) groups excluding carboxylic acids is 1. The van der Waals surface area contributed by atoms with Gasteiger partial charge in [-0.15, -0.1) is 0 Å². The lowest BCUT2D eigenvalue weighted by atomic mass is 10.3. The standard InChI is InChI=1S/C7H12N2O2/c10-7(6-5-11-6)9-3-1-8-2-4-9/h6,8H,1-5H2. The lowest BCUT2D eigenvalue weighted by molar-refractivity contribution is -0.133. The fraction of sp³-hybridized carbons (Fsp3) is 0.857. The fourth-order valence-electron chi connectivity index (χ4n) is 1.28. The highest BCUT2D eigenvalue weighted by atomic mass is 16.6. The maximum atomic E-state index is 11.3. The van der Waals surface area contributed by atoms with Gasteiger partial charge in [0.15, 0.2) is 6.10 Å². The van der Waals surface area contributed by atoms with E-state index in [-0.39, 0.29) is 12.0 Å². The van der Waals surface area contributed by atoms with Crippen LogP contribution in [0.4, 0.5) is 0 Å². The Labute approximate surface area is 65.5 Å². The molecule has 0 aromatic carbocycles. The van der Waals surface area contributed by atoms with Crippen LogP contribution in [0.1, 0.15) is 0 Å². The van der Waals surface area contributed by atoms with Gasteiger partial charge in [-0.05, 0) is 0 Å². The molecule has 0 saturated carbocycles. The molecule has 11 heavy (non-hydrogen) atoms. The van der Waals surface area contributed by atoms with Gasteiger partial charge in [0.25, 0.3) is 5.91 Å². The minimum Gasteiger partial charge on any atom is -0.363 e. The van der Waals surface area contributed by atoms with Crippen molar-refractivity contribution in [1.29, 1.82) is 0 Å². The molecule has 1 N–H and O–H groups in total. The Kier molecular flexibility index (Phi) is 1.79. The molecule has 0 aromatic heterocycles. The number of nitrogens with zero attached hydrogens (tertiary/aromatic N) is 1. The highest BCUT2D eigenvalue weighted by molar-refractivity contribution is 5.83. The smallest absolute Gasteiger partial charge is 0.254 e. The maximum Gasteiger partial charge on any atom is 0.254 e. The molecular weight excluding hydrogens is 144 g/mol. The highest BCUT2D eigenvalue weighted by Gasteiger charge is 2.35. The lowest BCUT2D eigenvalue weighted by Gasteiger charge is -2.26. The van der Waals surface area contributed by atoms with Crippen molar-refractivity contribution < 1.29 is 9.53 Å². The minimum absolute atomic E-state index is 0.104. The van der Waals surface area contributed by atoms with E-state index in [2.05, 4.69) is 5.32 Å². The van der Waals surface area contributed by atoms with Crippen LogP contribution in [0.15, 0.2) is 0 Å². The number of hydrogen-bond donors (Lipinski definition) is 1. The van der Waals surface area contributed by atoms with Crippen molar-refractivity contribution in [2.75, 3.05) is 32.8 Å². The van der Waals surface area contributed by atoms with Gasteiger partial charge in [0.05, 0.1) is 6.61 Å². The molecule has 2 fully saturated rings. The average Bonchev–Trinajstić information content (AvgIpc) is 2.87. The van der Waals surface area contributed by atoms with Crippen molar-refractivity contribution in [2.24, 2.45) is 0 Å². The number of ether oxygens (including phenoxy) is 1. The van der Waals surface area contributed by atoms with Gasteiger partial charge in [0.1, 0.15) is 0 Å². The summed E-state index contributed by atoms with van der Waals surface area (Å²) in [7, 11) is 0. The van der Waals surface area contributed by atoms with E-state index in [4.69, 9.17) is 4.74 Å². The number of rotatable bonds is 1. The second-order valence-electron chi connectivity index (χ2n) is 2.90. The number of hydrogen-bond acceptors (Lipinski definition) is 3. The van der Waals surface area contributed by atoms with Crippen LogP contribution in [0.2, 0.25) is 0 Å². The van der Waals surface area contributed by atoms with Gasteiger partial charge in [-0.1, -0.05) is 0 Å². The van der Waals surface area contributed by atoms with Gasteiger partial charge < -0.3 is 15.0 Å². The highest BCUT2D eigenvalue weighted by Crippen LogP contribution is 2.12. The summed E-state index contributed by atoms with van der Waals surface area (Å²) in [4.78, 5) is 13.2. The van der Waals surface area contributed by atoms with Crippen LogP contribution in [0, 0.1) is 0 Å². The molecule has 0 aliphatic carbocycles. The molecule has 1 unspecified atom stereocenters. The van der Waals surface area contributed by atoms with E-state index in [1.54, 1.807) is 0 Å². The Bertz CT molecular complexity index is 162. The third-order valence-electron chi connectivity index (χ3n) is 2.04. The van der Waals surface area contributed by atoms with Crippen molar-refractivity contribution in [3.63, 3.8) is 0 Å². The van der Waals surface area contributed by atoms with E-state index in [1.165, 1.54) is 0 Å². The van der Waals surface area contributed by atoms with Gasteiger partial charge in [-0.25, -0.2) is 0 Å². The number of piperazine rings is 1. The summed E-state index contributed by atoms with van der Waals surface area (Å²) < 4.78 is 4.91. The molecule has 2 heterocycles. The first-order chi connectivity index (χ1) is 5.38. The molecule has 62 valence electrons. The van der Waals surface area contributed by atoms with Gasteiger partial charge in [0, 0.05) is 26.2 Å². The molecule has 4 heteroatoms. The molecule has 2 rings (SSSR count). The quantitative estimate of drug-likeness (QED) is 0.486. The van der Waals surface area contributed by atoms with Gasteiger partial charge in [0.2, 0.25) is 0 Å². The summed E-state index contributed by atoms with van der Waals surface area (Å²) in [5, 5.41) is 3.19. The maximum absolute atomic E-state index is 11.3.